The lowest BCUT2D eigenvalue weighted by Crippen LogP contribution is -2.31. The van der Waals surface area contributed by atoms with Gasteiger partial charge in [-0.25, -0.2) is 9.13 Å². The Hall–Kier alpha value is -2.39. The van der Waals surface area contributed by atoms with Crippen LogP contribution in [0.25, 0.3) is 0 Å². The Morgan fingerprint density at radius 1 is 0.800 bits per heavy atom. The molecule has 2 aromatic carbocycles. The fourth-order valence-corrected chi connectivity index (χ4v) is 2.21. The monoisotopic (exact) mass is 266 g/mol. The zero-order chi connectivity index (χ0) is 12.9. The molecule has 0 bridgehead atoms. The summed E-state index contributed by atoms with van der Waals surface area (Å²) in [7, 11) is 0. The molecule has 1 aromatic heterocycles. The molecule has 20 heavy (non-hydrogen) atoms. The first-order valence-electron chi connectivity index (χ1n) is 6.53. The molecule has 0 aliphatic heterocycles. The molecule has 1 heterocycles. The Balaban J connectivity index is 0.00000147. The molecule has 0 radical (unpaired) electrons. The van der Waals surface area contributed by atoms with Crippen LogP contribution < -0.4 is 4.57 Å². The average molecular weight is 266 g/mol. The summed E-state index contributed by atoms with van der Waals surface area (Å²) in [5, 5.41) is 0. The predicted octanol–water partition coefficient (Wildman–Crippen LogP) is 2.70. The van der Waals surface area contributed by atoms with E-state index in [-0.39, 0.29) is 5.48 Å². The fraction of sp³-hybridized carbons (Fsp3) is 0.118. The highest BCUT2D eigenvalue weighted by Crippen LogP contribution is 2.02. The summed E-state index contributed by atoms with van der Waals surface area (Å²) in [6.07, 6.45) is 6.39. The van der Waals surface area contributed by atoms with Gasteiger partial charge in [0.15, 0.2) is 0 Å². The minimum absolute atomic E-state index is 0. The number of rotatable bonds is 4. The summed E-state index contributed by atoms with van der Waals surface area (Å²) in [5.41, 5.74) is 2.65. The van der Waals surface area contributed by atoms with E-state index in [0.717, 1.165) is 13.1 Å². The van der Waals surface area contributed by atoms with Gasteiger partial charge in [-0.05, 0) is 11.1 Å². The van der Waals surface area contributed by atoms with E-state index in [1.165, 1.54) is 11.1 Å². The van der Waals surface area contributed by atoms with Crippen molar-refractivity contribution in [2.75, 3.05) is 0 Å². The third-order valence-electron chi connectivity index (χ3n) is 3.16. The van der Waals surface area contributed by atoms with Crippen LogP contribution in [0.2, 0.25) is 0 Å². The van der Waals surface area contributed by atoms with Crippen molar-refractivity contribution in [3.63, 3.8) is 0 Å². The molecule has 0 fully saturated rings. The van der Waals surface area contributed by atoms with Crippen molar-refractivity contribution >= 4 is 0 Å². The zero-order valence-electron chi connectivity index (χ0n) is 11.3. The van der Waals surface area contributed by atoms with E-state index in [4.69, 9.17) is 0 Å². The van der Waals surface area contributed by atoms with Gasteiger partial charge in [0, 0.05) is 0 Å². The Kier molecular flexibility index (Phi) is 4.69. The van der Waals surface area contributed by atoms with Gasteiger partial charge < -0.3 is 5.48 Å². The maximum absolute atomic E-state index is 2.21. The second kappa shape index (κ2) is 6.68. The van der Waals surface area contributed by atoms with Crippen LogP contribution in [-0.2, 0) is 13.1 Å². The molecule has 0 saturated carbocycles. The molecule has 1 N–H and O–H groups in total. The van der Waals surface area contributed by atoms with Gasteiger partial charge >= 0.3 is 0 Å². The highest BCUT2D eigenvalue weighted by Gasteiger charge is 2.04. The highest BCUT2D eigenvalue weighted by molar-refractivity contribution is 5.15. The molecule has 0 aliphatic carbocycles. The Morgan fingerprint density at radius 3 is 2.05 bits per heavy atom. The van der Waals surface area contributed by atoms with Crippen molar-refractivity contribution < 1.29 is 10.0 Å². The van der Waals surface area contributed by atoms with Gasteiger partial charge in [0.05, 0.1) is 0 Å². The Morgan fingerprint density at radius 2 is 1.40 bits per heavy atom. The van der Waals surface area contributed by atoms with Crippen LogP contribution in [0, 0.1) is 0 Å². The summed E-state index contributed by atoms with van der Waals surface area (Å²) in [6.45, 7) is 1.84. The van der Waals surface area contributed by atoms with Gasteiger partial charge in [-0.2, -0.15) is 0 Å². The topological polar surface area (TPSA) is 38.8 Å². The standard InChI is InChI=1S/C17H17N2.H2O/c1-3-7-16(8-4-1)13-18-11-12-19(15-18)14-17-9-5-2-6-10-17;/h1-12,15H,13-14H2;1H2/q+1;/p-1. The molecule has 3 rings (SSSR count). The molecule has 0 unspecified atom stereocenters. The van der Waals surface area contributed by atoms with Gasteiger partial charge in [0.25, 0.3) is 0 Å². The number of nitrogens with zero attached hydrogens (tertiary/aromatic N) is 2. The smallest absolute Gasteiger partial charge is 0.244 e. The number of aromatic nitrogens is 2. The Bertz CT molecular complexity index is 576. The molecule has 0 atom stereocenters. The quantitative estimate of drug-likeness (QED) is 0.669. The van der Waals surface area contributed by atoms with Crippen LogP contribution in [0.15, 0.2) is 79.4 Å². The lowest BCUT2D eigenvalue weighted by Gasteiger charge is -1.98. The van der Waals surface area contributed by atoms with Crippen LogP contribution in [0.5, 0.6) is 0 Å². The maximum Gasteiger partial charge on any atom is 0.244 e. The normalized spacial score (nSPS) is 10.0. The lowest BCUT2D eigenvalue weighted by molar-refractivity contribution is -0.687. The first-order chi connectivity index (χ1) is 9.40. The average Bonchev–Trinajstić information content (AvgIpc) is 2.88. The van der Waals surface area contributed by atoms with E-state index < -0.39 is 0 Å². The van der Waals surface area contributed by atoms with Crippen LogP contribution in [-0.4, -0.2) is 10.0 Å². The van der Waals surface area contributed by atoms with E-state index >= 15 is 0 Å². The third-order valence-corrected chi connectivity index (χ3v) is 3.16. The second-order valence-corrected chi connectivity index (χ2v) is 4.73. The van der Waals surface area contributed by atoms with Crippen molar-refractivity contribution in [1.29, 1.82) is 0 Å². The lowest BCUT2D eigenvalue weighted by atomic mass is 10.2. The van der Waals surface area contributed by atoms with Gasteiger partial charge in [-0.15, -0.1) is 0 Å². The minimum atomic E-state index is 0. The first-order valence-corrected chi connectivity index (χ1v) is 6.53. The summed E-state index contributed by atoms with van der Waals surface area (Å²) in [4.78, 5) is 0. The largest absolute Gasteiger partial charge is 0.870 e. The van der Waals surface area contributed by atoms with Crippen LogP contribution in [0.1, 0.15) is 11.1 Å². The summed E-state index contributed by atoms with van der Waals surface area (Å²) in [5.74, 6) is 0. The van der Waals surface area contributed by atoms with Crippen LogP contribution in [0.4, 0.5) is 0 Å². The molecule has 0 amide bonds. The van der Waals surface area contributed by atoms with Crippen LogP contribution >= 0.6 is 0 Å². The van der Waals surface area contributed by atoms with E-state index in [1.54, 1.807) is 0 Å². The van der Waals surface area contributed by atoms with Gasteiger partial charge in [0.1, 0.15) is 25.5 Å². The molecule has 0 saturated heterocycles. The minimum Gasteiger partial charge on any atom is -0.870 e. The molecule has 3 heteroatoms. The number of hydrogen-bond donors (Lipinski definition) is 0. The maximum atomic E-state index is 2.21. The van der Waals surface area contributed by atoms with Crippen molar-refractivity contribution in [2.24, 2.45) is 0 Å². The number of imidazole rings is 1. The van der Waals surface area contributed by atoms with Gasteiger partial charge in [0.2, 0.25) is 6.33 Å². The molecular formula is C17H18N2O. The third kappa shape index (κ3) is 3.56. The van der Waals surface area contributed by atoms with Gasteiger partial charge in [-0.1, -0.05) is 60.7 Å². The van der Waals surface area contributed by atoms with E-state index in [0.29, 0.717) is 0 Å². The second-order valence-electron chi connectivity index (χ2n) is 4.73. The number of hydrogen-bond acceptors (Lipinski definition) is 1. The van der Waals surface area contributed by atoms with Crippen molar-refractivity contribution in [1.82, 2.24) is 4.57 Å². The molecule has 102 valence electrons. The summed E-state index contributed by atoms with van der Waals surface area (Å²) < 4.78 is 4.41. The SMILES string of the molecule is [OH-].c1ccc(Cn2cc[n+](Cc3ccccc3)c2)cc1. The summed E-state index contributed by atoms with van der Waals surface area (Å²) in [6, 6.07) is 21.0. The van der Waals surface area contributed by atoms with Gasteiger partial charge in [-0.3, -0.25) is 0 Å². The molecular weight excluding hydrogens is 248 g/mol. The van der Waals surface area contributed by atoms with E-state index in [9.17, 15) is 0 Å². The van der Waals surface area contributed by atoms with Crippen LogP contribution in [0.3, 0.4) is 0 Å². The molecule has 3 nitrogen and oxygen atoms in total. The first kappa shape index (κ1) is 14.0. The highest BCUT2D eigenvalue weighted by atomic mass is 16.0. The molecule has 3 aromatic rings. The molecule has 0 aliphatic rings. The number of benzene rings is 2. The van der Waals surface area contributed by atoms with E-state index in [2.05, 4.69) is 88.5 Å². The van der Waals surface area contributed by atoms with Crippen molar-refractivity contribution in [2.45, 2.75) is 13.1 Å². The summed E-state index contributed by atoms with van der Waals surface area (Å²) >= 11 is 0. The Labute approximate surface area is 119 Å². The predicted molar refractivity (Wildman–Crippen MR) is 77.7 cm³/mol. The van der Waals surface area contributed by atoms with Crippen molar-refractivity contribution in [3.8, 4) is 0 Å². The van der Waals surface area contributed by atoms with Crippen molar-refractivity contribution in [3.05, 3.63) is 90.5 Å². The fourth-order valence-electron chi connectivity index (χ4n) is 2.21. The zero-order valence-corrected chi connectivity index (χ0v) is 11.3. The van der Waals surface area contributed by atoms with E-state index in [1.807, 2.05) is 0 Å². The molecule has 0 spiro atoms.